The summed E-state index contributed by atoms with van der Waals surface area (Å²) in [5, 5.41) is 13.2. The number of alkyl halides is 3. The minimum Gasteiger partial charge on any atom is -0.433 e. The average Bonchev–Trinajstić information content (AvgIpc) is 3.35. The summed E-state index contributed by atoms with van der Waals surface area (Å²) in [5.74, 6) is -2.12. The van der Waals surface area contributed by atoms with Crippen molar-refractivity contribution >= 4 is 28.8 Å². The molecule has 2 aromatic carbocycles. The highest BCUT2D eigenvalue weighted by molar-refractivity contribution is 6.31. The summed E-state index contributed by atoms with van der Waals surface area (Å²) in [5.41, 5.74) is -2.46. The summed E-state index contributed by atoms with van der Waals surface area (Å²) in [4.78, 5) is 29.0. The van der Waals surface area contributed by atoms with Crippen molar-refractivity contribution in [1.82, 2.24) is 29.4 Å². The van der Waals surface area contributed by atoms with E-state index in [1.807, 2.05) is 0 Å². The molecule has 1 amide bonds. The predicted molar refractivity (Wildman–Crippen MR) is 125 cm³/mol. The molecule has 5 aromatic rings. The lowest BCUT2D eigenvalue weighted by Gasteiger charge is -2.13. The molecule has 1 N–H and O–H groups in total. The fourth-order valence-electron chi connectivity index (χ4n) is 3.34. The minimum atomic E-state index is -4.73. The SMILES string of the molecule is O=C(Nc1ccc(Oc2nccn3cnnc23)c(F)c1)c1nn(-c2ccc(Cl)c(C(F)(F)F)c2)ccc1=O. The van der Waals surface area contributed by atoms with Crippen LogP contribution < -0.4 is 15.5 Å². The number of amides is 1. The summed E-state index contributed by atoms with van der Waals surface area (Å²) in [6, 6.07) is 7.40. The van der Waals surface area contributed by atoms with E-state index < -0.39 is 39.6 Å². The lowest BCUT2D eigenvalue weighted by molar-refractivity contribution is -0.137. The van der Waals surface area contributed by atoms with Crippen LogP contribution in [0.3, 0.4) is 0 Å². The average molecular weight is 546 g/mol. The Morgan fingerprint density at radius 2 is 1.89 bits per heavy atom. The van der Waals surface area contributed by atoms with E-state index in [2.05, 4.69) is 25.6 Å². The number of ether oxygens (including phenoxy) is 1. The molecule has 192 valence electrons. The van der Waals surface area contributed by atoms with Crippen molar-refractivity contribution in [3.8, 4) is 17.3 Å². The first-order chi connectivity index (χ1) is 18.1. The Balaban J connectivity index is 1.38. The molecule has 0 aliphatic carbocycles. The molecule has 3 heterocycles. The zero-order valence-electron chi connectivity index (χ0n) is 18.6. The Morgan fingerprint density at radius 1 is 1.08 bits per heavy atom. The van der Waals surface area contributed by atoms with E-state index in [9.17, 15) is 27.2 Å². The number of aromatic nitrogens is 6. The van der Waals surface area contributed by atoms with Crippen molar-refractivity contribution in [3.63, 3.8) is 0 Å². The van der Waals surface area contributed by atoms with Gasteiger partial charge < -0.3 is 10.1 Å². The largest absolute Gasteiger partial charge is 0.433 e. The van der Waals surface area contributed by atoms with E-state index in [0.717, 1.165) is 35.1 Å². The number of rotatable bonds is 5. The van der Waals surface area contributed by atoms with Crippen LogP contribution in [0, 0.1) is 5.82 Å². The maximum absolute atomic E-state index is 14.7. The molecule has 3 aromatic heterocycles. The quantitative estimate of drug-likeness (QED) is 0.323. The third kappa shape index (κ3) is 4.88. The van der Waals surface area contributed by atoms with Gasteiger partial charge >= 0.3 is 6.18 Å². The zero-order valence-corrected chi connectivity index (χ0v) is 19.4. The predicted octanol–water partition coefficient (Wildman–Crippen LogP) is 4.53. The Hall–Kier alpha value is -4.85. The van der Waals surface area contributed by atoms with Crippen molar-refractivity contribution < 1.29 is 27.1 Å². The monoisotopic (exact) mass is 545 g/mol. The van der Waals surface area contributed by atoms with Gasteiger partial charge in [-0.25, -0.2) is 14.1 Å². The summed E-state index contributed by atoms with van der Waals surface area (Å²) < 4.78 is 62.3. The standard InChI is InChI=1S/C23H12ClF4N7O3/c24-15-3-2-13(10-14(15)23(26,27)28)35-7-5-17(36)19(33-35)21(37)31-12-1-4-18(16(25)9-12)38-22-20-32-30-11-34(20)8-6-29-22/h1-11H,(H,31,37). The van der Waals surface area contributed by atoms with Gasteiger partial charge in [-0.2, -0.15) is 18.3 Å². The molecule has 0 radical (unpaired) electrons. The molecule has 0 atom stereocenters. The Bertz CT molecular complexity index is 1750. The van der Waals surface area contributed by atoms with Crippen LogP contribution in [0.5, 0.6) is 11.6 Å². The van der Waals surface area contributed by atoms with Crippen molar-refractivity contribution in [1.29, 1.82) is 0 Å². The Morgan fingerprint density at radius 3 is 2.66 bits per heavy atom. The number of nitrogens with zero attached hydrogens (tertiary/aromatic N) is 6. The van der Waals surface area contributed by atoms with Crippen LogP contribution in [0.15, 0.2) is 72.2 Å². The van der Waals surface area contributed by atoms with Crippen LogP contribution in [-0.2, 0) is 6.18 Å². The van der Waals surface area contributed by atoms with E-state index in [-0.39, 0.29) is 28.7 Å². The Labute approximate surface area is 214 Å². The number of benzene rings is 2. The maximum Gasteiger partial charge on any atom is 0.417 e. The molecule has 0 saturated heterocycles. The lowest BCUT2D eigenvalue weighted by Crippen LogP contribution is -2.25. The number of carbonyl (C=O) groups is 1. The smallest absolute Gasteiger partial charge is 0.417 e. The van der Waals surface area contributed by atoms with Gasteiger partial charge in [-0.1, -0.05) is 11.6 Å². The molecule has 0 fully saturated rings. The van der Waals surface area contributed by atoms with Crippen LogP contribution >= 0.6 is 11.6 Å². The van der Waals surface area contributed by atoms with Crippen LogP contribution in [0.1, 0.15) is 16.1 Å². The molecular weight excluding hydrogens is 534 g/mol. The number of hydrogen-bond donors (Lipinski definition) is 1. The number of hydrogen-bond acceptors (Lipinski definition) is 7. The van der Waals surface area contributed by atoms with Crippen LogP contribution in [0.25, 0.3) is 11.3 Å². The van der Waals surface area contributed by atoms with Crippen molar-refractivity contribution in [2.75, 3.05) is 5.32 Å². The molecule has 0 spiro atoms. The molecule has 0 bridgehead atoms. The zero-order chi connectivity index (χ0) is 27.0. The van der Waals surface area contributed by atoms with Gasteiger partial charge in [0.05, 0.1) is 16.3 Å². The second-order valence-corrected chi connectivity index (χ2v) is 8.04. The fourth-order valence-corrected chi connectivity index (χ4v) is 3.57. The second-order valence-electron chi connectivity index (χ2n) is 7.63. The first-order valence-corrected chi connectivity index (χ1v) is 10.9. The molecule has 10 nitrogen and oxygen atoms in total. The van der Waals surface area contributed by atoms with Gasteiger partial charge in [0.1, 0.15) is 6.33 Å². The molecule has 0 aliphatic heterocycles. The number of nitrogens with one attached hydrogen (secondary N) is 1. The third-order valence-corrected chi connectivity index (χ3v) is 5.45. The highest BCUT2D eigenvalue weighted by atomic mass is 35.5. The van der Waals surface area contributed by atoms with Crippen LogP contribution in [0.4, 0.5) is 23.2 Å². The summed E-state index contributed by atoms with van der Waals surface area (Å²) in [6.45, 7) is 0. The summed E-state index contributed by atoms with van der Waals surface area (Å²) in [7, 11) is 0. The van der Waals surface area contributed by atoms with Gasteiger partial charge in [0, 0.05) is 36.4 Å². The second kappa shape index (κ2) is 9.55. The van der Waals surface area contributed by atoms with E-state index in [4.69, 9.17) is 16.3 Å². The van der Waals surface area contributed by atoms with Gasteiger partial charge in [-0.3, -0.25) is 14.0 Å². The van der Waals surface area contributed by atoms with Crippen LogP contribution in [-0.4, -0.2) is 35.3 Å². The van der Waals surface area contributed by atoms with E-state index in [1.54, 1.807) is 6.20 Å². The van der Waals surface area contributed by atoms with E-state index >= 15 is 0 Å². The van der Waals surface area contributed by atoms with Crippen molar-refractivity contribution in [3.05, 3.63) is 99.7 Å². The number of halogens is 5. The van der Waals surface area contributed by atoms with E-state index in [1.165, 1.54) is 35.1 Å². The van der Waals surface area contributed by atoms with Gasteiger partial charge in [0.2, 0.25) is 11.1 Å². The topological polar surface area (TPSA) is 116 Å². The highest BCUT2D eigenvalue weighted by Crippen LogP contribution is 2.35. The normalized spacial score (nSPS) is 11.5. The van der Waals surface area contributed by atoms with Gasteiger partial charge in [0.15, 0.2) is 17.3 Å². The van der Waals surface area contributed by atoms with Gasteiger partial charge in [0.25, 0.3) is 11.8 Å². The fraction of sp³-hybridized carbons (Fsp3) is 0.0435. The number of fused-ring (bicyclic) bond motifs is 1. The first-order valence-electron chi connectivity index (χ1n) is 10.5. The maximum atomic E-state index is 14.7. The molecule has 0 saturated carbocycles. The van der Waals surface area contributed by atoms with Crippen molar-refractivity contribution in [2.24, 2.45) is 0 Å². The molecule has 5 rings (SSSR count). The van der Waals surface area contributed by atoms with Gasteiger partial charge in [-0.15, -0.1) is 10.2 Å². The number of carbonyl (C=O) groups excluding carboxylic acids is 1. The highest BCUT2D eigenvalue weighted by Gasteiger charge is 2.33. The van der Waals surface area contributed by atoms with Gasteiger partial charge in [-0.05, 0) is 30.3 Å². The van der Waals surface area contributed by atoms with Crippen LogP contribution in [0.2, 0.25) is 5.02 Å². The molecular formula is C23H12ClF4N7O3. The van der Waals surface area contributed by atoms with E-state index in [0.29, 0.717) is 0 Å². The molecule has 38 heavy (non-hydrogen) atoms. The Kier molecular flexibility index (Phi) is 6.24. The molecule has 0 aliphatic rings. The first kappa shape index (κ1) is 24.8. The summed E-state index contributed by atoms with van der Waals surface area (Å²) >= 11 is 5.64. The lowest BCUT2D eigenvalue weighted by atomic mass is 10.2. The molecule has 15 heteroatoms. The third-order valence-electron chi connectivity index (χ3n) is 5.12. The summed E-state index contributed by atoms with van der Waals surface area (Å²) in [6.07, 6.45) is 0.756. The number of anilines is 1. The minimum absolute atomic E-state index is 0.00870. The molecule has 0 unspecified atom stereocenters. The van der Waals surface area contributed by atoms with Crippen molar-refractivity contribution in [2.45, 2.75) is 6.18 Å².